The molecule has 3 aromatic heterocycles. The fourth-order valence-electron chi connectivity index (χ4n) is 6.68. The molecule has 1 fully saturated rings. The summed E-state index contributed by atoms with van der Waals surface area (Å²) in [6, 6.07) is 22.5. The summed E-state index contributed by atoms with van der Waals surface area (Å²) < 4.78 is 0. The van der Waals surface area contributed by atoms with E-state index in [2.05, 4.69) is 20.3 Å². The molecule has 4 heterocycles. The molecule has 1 aliphatic heterocycles. The molecule has 6 aromatic rings. The van der Waals surface area contributed by atoms with Crippen molar-refractivity contribution in [3.8, 4) is 0 Å². The molecule has 0 saturated carbocycles. The molecule has 2 atom stereocenters. The Hall–Kier alpha value is -5.21. The van der Waals surface area contributed by atoms with E-state index < -0.39 is 35.0 Å². The van der Waals surface area contributed by atoms with Crippen LogP contribution >= 0.6 is 0 Å². The molecule has 1 spiro atoms. The number of para-hydroxylation sites is 3. The Morgan fingerprint density at radius 3 is 1.60 bits per heavy atom. The predicted octanol–water partition coefficient (Wildman–Crippen LogP) is 4.21. The number of carbonyl (C=O) groups excluding carboxylic acids is 3. The summed E-state index contributed by atoms with van der Waals surface area (Å²) in [5, 5.41) is 16.3. The molecule has 0 radical (unpaired) electrons. The average molecular weight is 527 g/mol. The number of hydrogen-bond acceptors (Lipinski definition) is 4. The van der Waals surface area contributed by atoms with Gasteiger partial charge in [0.25, 0.3) is 5.91 Å². The minimum atomic E-state index is -2.01. The second-order valence-corrected chi connectivity index (χ2v) is 10.4. The van der Waals surface area contributed by atoms with Gasteiger partial charge < -0.3 is 25.4 Å². The average Bonchev–Trinajstić information content (AvgIpc) is 3.78. The van der Waals surface area contributed by atoms with Gasteiger partial charge in [0.2, 0.25) is 0 Å². The van der Waals surface area contributed by atoms with Gasteiger partial charge in [0.15, 0.2) is 17.1 Å². The summed E-state index contributed by atoms with van der Waals surface area (Å²) in [5.74, 6) is -2.97. The summed E-state index contributed by atoms with van der Waals surface area (Å²) in [6.07, 6.45) is 3.54. The van der Waals surface area contributed by atoms with E-state index in [9.17, 15) is 19.5 Å². The van der Waals surface area contributed by atoms with Crippen molar-refractivity contribution in [2.45, 2.75) is 17.6 Å². The van der Waals surface area contributed by atoms with E-state index in [4.69, 9.17) is 0 Å². The van der Waals surface area contributed by atoms with Gasteiger partial charge in [-0.3, -0.25) is 14.4 Å². The number of aromatic amines is 3. The quantitative estimate of drug-likeness (QED) is 0.221. The molecule has 8 heteroatoms. The first kappa shape index (κ1) is 22.7. The van der Waals surface area contributed by atoms with Gasteiger partial charge in [-0.15, -0.1) is 0 Å². The number of benzene rings is 3. The molecule has 8 nitrogen and oxygen atoms in total. The number of carbonyl (C=O) groups is 3. The van der Waals surface area contributed by atoms with Crippen LogP contribution in [-0.4, -0.2) is 49.2 Å². The van der Waals surface area contributed by atoms with Crippen LogP contribution in [0.15, 0.2) is 91.4 Å². The summed E-state index contributed by atoms with van der Waals surface area (Å²) in [5.41, 5.74) is 2.49. The maximum atomic E-state index is 14.8. The Morgan fingerprint density at radius 1 is 0.600 bits per heavy atom. The second-order valence-electron chi connectivity index (χ2n) is 10.4. The number of Topliss-reactive ketones (excluding diaryl/α,β-unsaturated/α-hetero) is 2. The number of hydrogen-bond donors (Lipinski definition) is 5. The van der Waals surface area contributed by atoms with Gasteiger partial charge in [-0.1, -0.05) is 54.6 Å². The van der Waals surface area contributed by atoms with Crippen molar-refractivity contribution >= 4 is 61.3 Å². The van der Waals surface area contributed by atoms with Crippen LogP contribution in [0.1, 0.15) is 22.6 Å². The van der Waals surface area contributed by atoms with Gasteiger partial charge in [0, 0.05) is 73.6 Å². The van der Waals surface area contributed by atoms with Gasteiger partial charge >= 0.3 is 0 Å². The lowest BCUT2D eigenvalue weighted by molar-refractivity contribution is -0.131. The second kappa shape index (κ2) is 7.91. The fraction of sp³-hybridized carbons (Fsp3) is 0.0938. The number of fused-ring (bicyclic) bond motifs is 3. The largest absolute Gasteiger partial charge is 0.382 e. The zero-order valence-electron chi connectivity index (χ0n) is 21.0. The topological polar surface area (TPSA) is 131 Å². The Morgan fingerprint density at radius 2 is 1.05 bits per heavy atom. The Labute approximate surface area is 226 Å². The number of amides is 1. The van der Waals surface area contributed by atoms with E-state index in [-0.39, 0.29) is 11.1 Å². The van der Waals surface area contributed by atoms with Gasteiger partial charge in [-0.2, -0.15) is 0 Å². The highest BCUT2D eigenvalue weighted by molar-refractivity contribution is 6.58. The first-order valence-corrected chi connectivity index (χ1v) is 13.0. The maximum absolute atomic E-state index is 14.8. The number of aromatic nitrogens is 3. The maximum Gasteiger partial charge on any atom is 0.250 e. The molecule has 1 amide bonds. The molecule has 1 aliphatic carbocycles. The van der Waals surface area contributed by atoms with Crippen LogP contribution in [0.3, 0.4) is 0 Å². The van der Waals surface area contributed by atoms with E-state index in [0.29, 0.717) is 16.7 Å². The highest BCUT2D eigenvalue weighted by atomic mass is 16.3. The van der Waals surface area contributed by atoms with E-state index in [1.54, 1.807) is 18.6 Å². The molecular weight excluding hydrogens is 504 g/mol. The van der Waals surface area contributed by atoms with Gasteiger partial charge in [-0.25, -0.2) is 0 Å². The molecule has 1 saturated heterocycles. The van der Waals surface area contributed by atoms with Gasteiger partial charge in [-0.05, 0) is 23.8 Å². The van der Waals surface area contributed by atoms with E-state index in [1.807, 2.05) is 72.8 Å². The van der Waals surface area contributed by atoms with Crippen LogP contribution < -0.4 is 5.32 Å². The number of ketones is 2. The van der Waals surface area contributed by atoms with Crippen molar-refractivity contribution in [2.75, 3.05) is 0 Å². The van der Waals surface area contributed by atoms with Gasteiger partial charge in [0.1, 0.15) is 6.10 Å². The van der Waals surface area contributed by atoms with Gasteiger partial charge in [0.05, 0.1) is 5.92 Å². The molecule has 40 heavy (non-hydrogen) atoms. The predicted molar refractivity (Wildman–Crippen MR) is 151 cm³/mol. The monoisotopic (exact) mass is 526 g/mol. The summed E-state index contributed by atoms with van der Waals surface area (Å²) in [7, 11) is 0. The number of aliphatic hydroxyl groups excluding tert-OH is 1. The van der Waals surface area contributed by atoms with Crippen LogP contribution in [0.4, 0.5) is 0 Å². The van der Waals surface area contributed by atoms with Crippen LogP contribution in [0, 0.1) is 0 Å². The van der Waals surface area contributed by atoms with E-state index in [0.717, 1.165) is 32.7 Å². The lowest BCUT2D eigenvalue weighted by Crippen LogP contribution is -2.55. The number of aliphatic hydroxyl groups is 1. The molecule has 2 unspecified atom stereocenters. The highest BCUT2D eigenvalue weighted by Crippen LogP contribution is 2.52. The number of nitrogens with one attached hydrogen (secondary N) is 4. The van der Waals surface area contributed by atoms with Crippen molar-refractivity contribution in [3.63, 3.8) is 0 Å². The molecule has 194 valence electrons. The molecular formula is C32H22N4O4. The zero-order chi connectivity index (χ0) is 27.2. The normalized spacial score (nSPS) is 20.6. The Balaban J connectivity index is 1.43. The van der Waals surface area contributed by atoms with Crippen molar-refractivity contribution < 1.29 is 19.5 Å². The minimum absolute atomic E-state index is 0.214. The van der Waals surface area contributed by atoms with Crippen molar-refractivity contribution in [1.29, 1.82) is 0 Å². The zero-order valence-corrected chi connectivity index (χ0v) is 21.0. The molecule has 2 aliphatic rings. The van der Waals surface area contributed by atoms with Crippen molar-refractivity contribution in [1.82, 2.24) is 20.3 Å². The third-order valence-electron chi connectivity index (χ3n) is 8.47. The SMILES string of the molecule is O=C1NC2(C(=O)C(c3c[nH]c4ccccc34)=C(c3c[nH]c4ccccc34)C2=O)C(c2c[nH]c3ccccc23)C1O. The Bertz CT molecular complexity index is 2000. The molecule has 3 aromatic carbocycles. The first-order chi connectivity index (χ1) is 19.5. The lowest BCUT2D eigenvalue weighted by atomic mass is 9.74. The number of H-pyrrole nitrogens is 3. The standard InChI is InChI=1S/C32H22N4O4/c37-28-27(21-15-35-24-12-6-3-9-18(21)24)32(36-31(28)40)29(38)25(19-13-33-22-10-4-1-7-16(19)22)26(30(32)39)20-14-34-23-11-5-2-8-17(20)23/h1-15,27-28,33-35,37H,(H,36,40). The minimum Gasteiger partial charge on any atom is -0.382 e. The van der Waals surface area contributed by atoms with Crippen molar-refractivity contribution in [2.24, 2.45) is 0 Å². The van der Waals surface area contributed by atoms with Crippen LogP contribution in [0.25, 0.3) is 43.9 Å². The first-order valence-electron chi connectivity index (χ1n) is 13.0. The van der Waals surface area contributed by atoms with E-state index >= 15 is 0 Å². The third kappa shape index (κ3) is 2.75. The Kier molecular flexibility index (Phi) is 4.50. The van der Waals surface area contributed by atoms with Crippen molar-refractivity contribution in [3.05, 3.63) is 108 Å². The number of rotatable bonds is 3. The van der Waals surface area contributed by atoms with Crippen LogP contribution in [0.5, 0.6) is 0 Å². The smallest absolute Gasteiger partial charge is 0.250 e. The molecule has 0 bridgehead atoms. The third-order valence-corrected chi connectivity index (χ3v) is 8.47. The van der Waals surface area contributed by atoms with E-state index in [1.165, 1.54) is 0 Å². The van der Waals surface area contributed by atoms with Crippen LogP contribution in [0.2, 0.25) is 0 Å². The molecule has 5 N–H and O–H groups in total. The highest BCUT2D eigenvalue weighted by Gasteiger charge is 2.67. The summed E-state index contributed by atoms with van der Waals surface area (Å²) >= 11 is 0. The summed E-state index contributed by atoms with van der Waals surface area (Å²) in [4.78, 5) is 52.4. The molecule has 8 rings (SSSR count). The fourth-order valence-corrected chi connectivity index (χ4v) is 6.68. The van der Waals surface area contributed by atoms with Crippen LogP contribution in [-0.2, 0) is 14.4 Å². The summed E-state index contributed by atoms with van der Waals surface area (Å²) in [6.45, 7) is 0. The lowest BCUT2D eigenvalue weighted by Gasteiger charge is -2.29.